The van der Waals surface area contributed by atoms with Crippen LogP contribution in [0.25, 0.3) is 0 Å². The smallest absolute Gasteiger partial charge is 0.243 e. The average Bonchev–Trinajstić information content (AvgIpc) is 2.55. The number of benzene rings is 1. The van der Waals surface area contributed by atoms with Crippen molar-refractivity contribution >= 4 is 33.4 Å². The molecule has 1 saturated heterocycles. The predicted octanol–water partition coefficient (Wildman–Crippen LogP) is 2.83. The molecule has 0 aromatic heterocycles. The molecule has 2 atom stereocenters. The molecule has 1 heterocycles. The van der Waals surface area contributed by atoms with Crippen molar-refractivity contribution in [1.29, 1.82) is 5.26 Å². The molecule has 2 rings (SSSR count). The van der Waals surface area contributed by atoms with Crippen LogP contribution < -0.4 is 5.32 Å². The lowest BCUT2D eigenvalue weighted by Crippen LogP contribution is -2.47. The molecular formula is C17H23N3O3S2. The molecule has 0 spiro atoms. The highest BCUT2D eigenvalue weighted by molar-refractivity contribution is 8.00. The molecule has 1 aromatic carbocycles. The molecule has 136 valence electrons. The molecule has 6 nitrogen and oxygen atoms in total. The number of nitrogens with zero attached hydrogens (tertiary/aromatic N) is 2. The molecule has 0 radical (unpaired) electrons. The number of anilines is 1. The van der Waals surface area contributed by atoms with Gasteiger partial charge in [0.2, 0.25) is 15.9 Å². The maximum atomic E-state index is 12.9. The van der Waals surface area contributed by atoms with Gasteiger partial charge < -0.3 is 5.32 Å². The Balaban J connectivity index is 2.08. The Kier molecular flexibility index (Phi) is 6.87. The Morgan fingerprint density at radius 2 is 1.88 bits per heavy atom. The van der Waals surface area contributed by atoms with E-state index in [-0.39, 0.29) is 34.4 Å². The number of rotatable bonds is 6. The van der Waals surface area contributed by atoms with Crippen molar-refractivity contribution in [1.82, 2.24) is 4.31 Å². The van der Waals surface area contributed by atoms with Crippen molar-refractivity contribution in [2.75, 3.05) is 16.8 Å². The fourth-order valence-electron chi connectivity index (χ4n) is 3.09. The minimum absolute atomic E-state index is 0.00899. The third-order valence-corrected chi connectivity index (χ3v) is 7.17. The molecule has 1 N–H and O–H groups in total. The molecule has 1 aliphatic rings. The van der Waals surface area contributed by atoms with Crippen LogP contribution >= 0.6 is 11.8 Å². The zero-order valence-electron chi connectivity index (χ0n) is 14.4. The Hall–Kier alpha value is -1.56. The monoisotopic (exact) mass is 381 g/mol. The van der Waals surface area contributed by atoms with E-state index in [0.29, 0.717) is 5.69 Å². The van der Waals surface area contributed by atoms with Gasteiger partial charge in [-0.05, 0) is 51.0 Å². The van der Waals surface area contributed by atoms with Gasteiger partial charge in [-0.15, -0.1) is 11.8 Å². The van der Waals surface area contributed by atoms with Crippen LogP contribution in [0.5, 0.6) is 0 Å². The molecular weight excluding hydrogens is 358 g/mol. The summed E-state index contributed by atoms with van der Waals surface area (Å²) in [5.74, 6) is 0.238. The van der Waals surface area contributed by atoms with E-state index in [1.807, 2.05) is 19.9 Å². The Morgan fingerprint density at radius 3 is 2.44 bits per heavy atom. The van der Waals surface area contributed by atoms with Crippen molar-refractivity contribution in [3.8, 4) is 6.07 Å². The fourth-order valence-corrected chi connectivity index (χ4v) is 5.42. The van der Waals surface area contributed by atoms with E-state index in [2.05, 4.69) is 5.32 Å². The molecule has 2 unspecified atom stereocenters. The van der Waals surface area contributed by atoms with Gasteiger partial charge >= 0.3 is 0 Å². The minimum Gasteiger partial charge on any atom is -0.325 e. The summed E-state index contributed by atoms with van der Waals surface area (Å²) in [5.41, 5.74) is 0.543. The molecule has 1 aliphatic heterocycles. The summed E-state index contributed by atoms with van der Waals surface area (Å²) < 4.78 is 27.4. The number of hydrogen-bond donors (Lipinski definition) is 1. The summed E-state index contributed by atoms with van der Waals surface area (Å²) in [5, 5.41) is 11.2. The van der Waals surface area contributed by atoms with Gasteiger partial charge in [0.05, 0.1) is 22.5 Å². The third-order valence-electron chi connectivity index (χ3n) is 4.23. The van der Waals surface area contributed by atoms with Crippen molar-refractivity contribution in [2.45, 2.75) is 50.1 Å². The first-order chi connectivity index (χ1) is 11.9. The maximum Gasteiger partial charge on any atom is 0.243 e. The van der Waals surface area contributed by atoms with Crippen LogP contribution in [-0.4, -0.2) is 42.2 Å². The van der Waals surface area contributed by atoms with Gasteiger partial charge in [0.25, 0.3) is 0 Å². The largest absolute Gasteiger partial charge is 0.325 e. The Morgan fingerprint density at radius 1 is 1.28 bits per heavy atom. The number of hydrogen-bond acceptors (Lipinski definition) is 5. The van der Waals surface area contributed by atoms with E-state index in [1.54, 1.807) is 16.4 Å². The highest BCUT2D eigenvalue weighted by Crippen LogP contribution is 2.29. The second-order valence-corrected chi connectivity index (χ2v) is 9.02. The van der Waals surface area contributed by atoms with E-state index in [9.17, 15) is 13.2 Å². The minimum atomic E-state index is -3.54. The maximum absolute atomic E-state index is 12.9. The summed E-state index contributed by atoms with van der Waals surface area (Å²) in [6.07, 6.45) is 2.79. The molecule has 25 heavy (non-hydrogen) atoms. The van der Waals surface area contributed by atoms with Crippen molar-refractivity contribution in [3.63, 3.8) is 0 Å². The number of sulfonamides is 1. The highest BCUT2D eigenvalue weighted by atomic mass is 32.2. The molecule has 0 saturated carbocycles. The summed E-state index contributed by atoms with van der Waals surface area (Å²) in [6, 6.07) is 8.19. The molecule has 0 aliphatic carbocycles. The second kappa shape index (κ2) is 8.70. The van der Waals surface area contributed by atoms with E-state index in [4.69, 9.17) is 5.26 Å². The molecule has 1 fully saturated rings. The number of piperidine rings is 1. The first-order valence-electron chi connectivity index (χ1n) is 8.24. The number of thioether (sulfide) groups is 1. The predicted molar refractivity (Wildman–Crippen MR) is 99.8 cm³/mol. The second-order valence-electron chi connectivity index (χ2n) is 6.19. The van der Waals surface area contributed by atoms with E-state index in [1.165, 1.54) is 23.9 Å². The van der Waals surface area contributed by atoms with Gasteiger partial charge in [-0.25, -0.2) is 8.42 Å². The summed E-state index contributed by atoms with van der Waals surface area (Å²) in [6.45, 7) is 3.89. The third kappa shape index (κ3) is 4.97. The van der Waals surface area contributed by atoms with Gasteiger partial charge in [0.1, 0.15) is 0 Å². The zero-order chi connectivity index (χ0) is 18.4. The average molecular weight is 382 g/mol. The SMILES string of the molecule is CC1CCCC(C)N1S(=O)(=O)c1ccc(NC(=O)CSCC#N)cc1. The Bertz CT molecular complexity index is 731. The van der Waals surface area contributed by atoms with Gasteiger partial charge in [0, 0.05) is 17.8 Å². The summed E-state index contributed by atoms with van der Waals surface area (Å²) in [4.78, 5) is 12.0. The van der Waals surface area contributed by atoms with E-state index < -0.39 is 10.0 Å². The fraction of sp³-hybridized carbons (Fsp3) is 0.529. The van der Waals surface area contributed by atoms with Gasteiger partial charge in [-0.1, -0.05) is 6.42 Å². The van der Waals surface area contributed by atoms with Crippen LogP contribution in [0, 0.1) is 11.3 Å². The summed E-state index contributed by atoms with van der Waals surface area (Å²) >= 11 is 1.23. The normalized spacial score (nSPS) is 21.5. The van der Waals surface area contributed by atoms with Crippen LogP contribution in [-0.2, 0) is 14.8 Å². The zero-order valence-corrected chi connectivity index (χ0v) is 16.1. The van der Waals surface area contributed by atoms with Crippen LogP contribution in [0.3, 0.4) is 0 Å². The quantitative estimate of drug-likeness (QED) is 0.765. The topological polar surface area (TPSA) is 90.3 Å². The number of carbonyl (C=O) groups excluding carboxylic acids is 1. The van der Waals surface area contributed by atoms with Crippen molar-refractivity contribution in [3.05, 3.63) is 24.3 Å². The highest BCUT2D eigenvalue weighted by Gasteiger charge is 2.35. The number of amides is 1. The standard InChI is InChI=1S/C17H23N3O3S2/c1-13-4-3-5-14(2)20(13)25(22,23)16-8-6-15(7-9-16)19-17(21)12-24-11-10-18/h6-9,13-14H,3-5,11-12H2,1-2H3,(H,19,21). The molecule has 1 aromatic rings. The van der Waals surface area contributed by atoms with E-state index in [0.717, 1.165) is 19.3 Å². The number of carbonyl (C=O) groups is 1. The lowest BCUT2D eigenvalue weighted by atomic mass is 10.0. The van der Waals surface area contributed by atoms with Crippen molar-refractivity contribution in [2.24, 2.45) is 0 Å². The first-order valence-corrected chi connectivity index (χ1v) is 10.8. The van der Waals surface area contributed by atoms with Crippen LogP contribution in [0.4, 0.5) is 5.69 Å². The number of nitriles is 1. The van der Waals surface area contributed by atoms with E-state index >= 15 is 0 Å². The first kappa shape index (κ1) is 19.8. The number of nitrogens with one attached hydrogen (secondary N) is 1. The molecule has 0 bridgehead atoms. The van der Waals surface area contributed by atoms with Gasteiger partial charge in [-0.2, -0.15) is 9.57 Å². The van der Waals surface area contributed by atoms with Gasteiger partial charge in [-0.3, -0.25) is 4.79 Å². The van der Waals surface area contributed by atoms with Gasteiger partial charge in [0.15, 0.2) is 0 Å². The molecule has 1 amide bonds. The lowest BCUT2D eigenvalue weighted by Gasteiger charge is -2.37. The lowest BCUT2D eigenvalue weighted by molar-refractivity contribution is -0.113. The molecule has 8 heteroatoms. The van der Waals surface area contributed by atoms with Crippen LogP contribution in [0.1, 0.15) is 33.1 Å². The van der Waals surface area contributed by atoms with Crippen molar-refractivity contribution < 1.29 is 13.2 Å². The van der Waals surface area contributed by atoms with Crippen LogP contribution in [0.2, 0.25) is 0 Å². The Labute approximate surface area is 153 Å². The van der Waals surface area contributed by atoms with Crippen LogP contribution in [0.15, 0.2) is 29.2 Å². The summed E-state index contributed by atoms with van der Waals surface area (Å²) in [7, 11) is -3.54.